The van der Waals surface area contributed by atoms with Gasteiger partial charge in [-0.2, -0.15) is 5.10 Å². The fraction of sp³-hybridized carbons (Fsp3) is 0.143. The number of halogens is 1. The molecule has 0 aliphatic rings. The Hall–Kier alpha value is -1.91. The number of rotatable bonds is 3. The highest BCUT2D eigenvalue weighted by atomic mass is 35.5. The minimum atomic E-state index is 0.463. The normalized spacial score (nSPS) is 11.1. The Morgan fingerprint density at radius 2 is 2.05 bits per heavy atom. The van der Waals surface area contributed by atoms with E-state index in [1.165, 1.54) is 0 Å². The average Bonchev–Trinajstić information content (AvgIpc) is 2.84. The standard InChI is InChI=1S/C14H12ClN3O/c1-19-9-11-8-16-18-13(15)7-12(17-14(11)18)10-5-3-2-4-6-10/h2-8H,9H2,1H3. The predicted octanol–water partition coefficient (Wildman–Crippen LogP) is 3.20. The van der Waals surface area contributed by atoms with Crippen LogP contribution in [0.5, 0.6) is 0 Å². The Morgan fingerprint density at radius 1 is 1.26 bits per heavy atom. The molecule has 0 atom stereocenters. The van der Waals surface area contributed by atoms with Crippen LogP contribution in [0.3, 0.4) is 0 Å². The summed E-state index contributed by atoms with van der Waals surface area (Å²) in [6.45, 7) is 0.463. The molecule has 0 amide bonds. The minimum absolute atomic E-state index is 0.463. The van der Waals surface area contributed by atoms with Crippen molar-refractivity contribution in [2.24, 2.45) is 0 Å². The van der Waals surface area contributed by atoms with Crippen molar-refractivity contribution >= 4 is 17.2 Å². The Bertz CT molecular complexity index is 709. The Labute approximate surface area is 115 Å². The monoisotopic (exact) mass is 273 g/mol. The first-order chi connectivity index (χ1) is 9.29. The Kier molecular flexibility index (Phi) is 3.19. The highest BCUT2D eigenvalue weighted by molar-refractivity contribution is 6.30. The molecule has 0 saturated carbocycles. The molecule has 4 nitrogen and oxygen atoms in total. The summed E-state index contributed by atoms with van der Waals surface area (Å²) in [5, 5.41) is 4.75. The summed E-state index contributed by atoms with van der Waals surface area (Å²) in [5.74, 6) is 0. The van der Waals surface area contributed by atoms with Crippen LogP contribution in [-0.4, -0.2) is 21.7 Å². The highest BCUT2D eigenvalue weighted by Gasteiger charge is 2.11. The largest absolute Gasteiger partial charge is 0.380 e. The molecule has 0 N–H and O–H groups in total. The van der Waals surface area contributed by atoms with Crippen molar-refractivity contribution in [3.63, 3.8) is 0 Å². The van der Waals surface area contributed by atoms with Crippen molar-refractivity contribution in [1.82, 2.24) is 14.6 Å². The van der Waals surface area contributed by atoms with Crippen LogP contribution in [0, 0.1) is 0 Å². The van der Waals surface area contributed by atoms with Gasteiger partial charge in [0.05, 0.1) is 18.5 Å². The smallest absolute Gasteiger partial charge is 0.162 e. The van der Waals surface area contributed by atoms with E-state index in [0.29, 0.717) is 11.8 Å². The number of methoxy groups -OCH3 is 1. The van der Waals surface area contributed by atoms with Crippen LogP contribution in [0.2, 0.25) is 5.15 Å². The van der Waals surface area contributed by atoms with Crippen molar-refractivity contribution in [2.45, 2.75) is 6.61 Å². The fourth-order valence-corrected chi connectivity index (χ4v) is 2.21. The second kappa shape index (κ2) is 4.99. The molecule has 5 heteroatoms. The second-order valence-corrected chi connectivity index (χ2v) is 4.56. The van der Waals surface area contributed by atoms with Crippen LogP contribution in [0.25, 0.3) is 16.9 Å². The van der Waals surface area contributed by atoms with Gasteiger partial charge in [0.1, 0.15) is 5.15 Å². The third-order valence-electron chi connectivity index (χ3n) is 2.87. The van der Waals surface area contributed by atoms with Crippen LogP contribution >= 0.6 is 11.6 Å². The van der Waals surface area contributed by atoms with Gasteiger partial charge < -0.3 is 4.74 Å². The van der Waals surface area contributed by atoms with E-state index in [9.17, 15) is 0 Å². The van der Waals surface area contributed by atoms with Gasteiger partial charge in [0.2, 0.25) is 0 Å². The predicted molar refractivity (Wildman–Crippen MR) is 74.1 cm³/mol. The molecule has 0 saturated heterocycles. The third-order valence-corrected chi connectivity index (χ3v) is 3.14. The lowest BCUT2D eigenvalue weighted by molar-refractivity contribution is 0.186. The van der Waals surface area contributed by atoms with E-state index in [4.69, 9.17) is 16.3 Å². The van der Waals surface area contributed by atoms with E-state index in [1.807, 2.05) is 36.4 Å². The van der Waals surface area contributed by atoms with Gasteiger partial charge in [-0.15, -0.1) is 0 Å². The summed E-state index contributed by atoms with van der Waals surface area (Å²) in [4.78, 5) is 4.62. The van der Waals surface area contributed by atoms with E-state index < -0.39 is 0 Å². The van der Waals surface area contributed by atoms with E-state index in [0.717, 1.165) is 22.5 Å². The molecule has 3 rings (SSSR count). The van der Waals surface area contributed by atoms with Gasteiger partial charge in [0, 0.05) is 24.3 Å². The Balaban J connectivity index is 2.20. The maximum Gasteiger partial charge on any atom is 0.162 e. The zero-order valence-corrected chi connectivity index (χ0v) is 11.1. The summed E-state index contributed by atoms with van der Waals surface area (Å²) < 4.78 is 6.76. The van der Waals surface area contributed by atoms with Crippen LogP contribution in [0.4, 0.5) is 0 Å². The first-order valence-electron chi connectivity index (χ1n) is 5.87. The summed E-state index contributed by atoms with van der Waals surface area (Å²) >= 11 is 6.25. The van der Waals surface area contributed by atoms with Gasteiger partial charge in [-0.05, 0) is 0 Å². The maximum atomic E-state index is 6.25. The molecule has 2 aromatic heterocycles. The van der Waals surface area contributed by atoms with E-state index in [2.05, 4.69) is 10.1 Å². The lowest BCUT2D eigenvalue weighted by Crippen LogP contribution is -1.96. The SMILES string of the molecule is COCc1cnn2c(Cl)cc(-c3ccccc3)nc12. The molecule has 19 heavy (non-hydrogen) atoms. The molecule has 0 aliphatic carbocycles. The summed E-state index contributed by atoms with van der Waals surface area (Å²) in [5.41, 5.74) is 3.50. The molecule has 0 radical (unpaired) electrons. The topological polar surface area (TPSA) is 39.4 Å². The Morgan fingerprint density at radius 3 is 2.79 bits per heavy atom. The molecule has 3 aromatic rings. The summed E-state index contributed by atoms with van der Waals surface area (Å²) in [6, 6.07) is 11.7. The average molecular weight is 274 g/mol. The van der Waals surface area contributed by atoms with Crippen molar-refractivity contribution in [2.75, 3.05) is 7.11 Å². The number of aromatic nitrogens is 3. The molecular weight excluding hydrogens is 262 g/mol. The van der Waals surface area contributed by atoms with Gasteiger partial charge in [-0.3, -0.25) is 0 Å². The molecule has 0 spiro atoms. The molecule has 0 unspecified atom stereocenters. The first-order valence-corrected chi connectivity index (χ1v) is 6.25. The van der Waals surface area contributed by atoms with Crippen LogP contribution in [-0.2, 0) is 11.3 Å². The van der Waals surface area contributed by atoms with Crippen molar-refractivity contribution in [1.29, 1.82) is 0 Å². The van der Waals surface area contributed by atoms with E-state index in [-0.39, 0.29) is 0 Å². The van der Waals surface area contributed by atoms with E-state index in [1.54, 1.807) is 17.8 Å². The van der Waals surface area contributed by atoms with Gasteiger partial charge in [-0.25, -0.2) is 9.50 Å². The molecular formula is C14H12ClN3O. The number of benzene rings is 1. The third kappa shape index (κ3) is 2.20. The molecule has 96 valence electrons. The maximum absolute atomic E-state index is 6.25. The highest BCUT2D eigenvalue weighted by Crippen LogP contribution is 2.23. The second-order valence-electron chi connectivity index (χ2n) is 4.17. The number of nitrogens with zero attached hydrogens (tertiary/aromatic N) is 3. The fourth-order valence-electron chi connectivity index (χ4n) is 1.99. The van der Waals surface area contributed by atoms with Gasteiger partial charge >= 0.3 is 0 Å². The number of fused-ring (bicyclic) bond motifs is 1. The molecule has 0 aliphatic heterocycles. The lowest BCUT2D eigenvalue weighted by atomic mass is 10.1. The number of hydrogen-bond donors (Lipinski definition) is 0. The molecule has 0 bridgehead atoms. The van der Waals surface area contributed by atoms with Crippen LogP contribution in [0.15, 0.2) is 42.6 Å². The van der Waals surface area contributed by atoms with Gasteiger partial charge in [0.25, 0.3) is 0 Å². The number of hydrogen-bond acceptors (Lipinski definition) is 3. The molecule has 0 fully saturated rings. The zero-order chi connectivity index (χ0) is 13.2. The van der Waals surface area contributed by atoms with Crippen LogP contribution in [0.1, 0.15) is 5.56 Å². The van der Waals surface area contributed by atoms with Crippen molar-refractivity contribution < 1.29 is 4.74 Å². The summed E-state index contributed by atoms with van der Waals surface area (Å²) in [6.07, 6.45) is 1.73. The molecule has 1 aromatic carbocycles. The zero-order valence-electron chi connectivity index (χ0n) is 10.4. The molecule has 2 heterocycles. The van der Waals surface area contributed by atoms with Crippen molar-refractivity contribution in [3.05, 3.63) is 53.3 Å². The van der Waals surface area contributed by atoms with Crippen molar-refractivity contribution in [3.8, 4) is 11.3 Å². The summed E-state index contributed by atoms with van der Waals surface area (Å²) in [7, 11) is 1.64. The van der Waals surface area contributed by atoms with Crippen LogP contribution < -0.4 is 0 Å². The minimum Gasteiger partial charge on any atom is -0.380 e. The first kappa shape index (κ1) is 12.1. The lowest BCUT2D eigenvalue weighted by Gasteiger charge is -2.04. The van der Waals surface area contributed by atoms with E-state index >= 15 is 0 Å². The van der Waals surface area contributed by atoms with Gasteiger partial charge in [-0.1, -0.05) is 41.9 Å². The van der Waals surface area contributed by atoms with Gasteiger partial charge in [0.15, 0.2) is 5.65 Å². The number of ether oxygens (including phenoxy) is 1. The quantitative estimate of drug-likeness (QED) is 0.688.